The Morgan fingerprint density at radius 2 is 2.04 bits per heavy atom. The molecule has 0 aliphatic rings. The number of fused-ring (bicyclic) bond motifs is 2. The van der Waals surface area contributed by atoms with Gasteiger partial charge >= 0.3 is 5.63 Å². The second kappa shape index (κ2) is 7.52. The first kappa shape index (κ1) is 18.3. The van der Waals surface area contributed by atoms with Crippen LogP contribution in [0.4, 0.5) is 5.69 Å². The Hall–Kier alpha value is -3.06. The summed E-state index contributed by atoms with van der Waals surface area (Å²) in [5.74, 6) is 0.414. The van der Waals surface area contributed by atoms with E-state index in [-0.39, 0.29) is 5.91 Å². The van der Waals surface area contributed by atoms with Gasteiger partial charge in [0.05, 0.1) is 11.0 Å². The number of aromatic nitrogens is 2. The molecule has 0 aliphatic heterocycles. The number of benzene rings is 2. The van der Waals surface area contributed by atoms with Crippen LogP contribution in [0.2, 0.25) is 0 Å². The first-order chi connectivity index (χ1) is 13.5. The van der Waals surface area contributed by atoms with Gasteiger partial charge in [0.1, 0.15) is 5.58 Å². The molecule has 0 unspecified atom stereocenters. The van der Waals surface area contributed by atoms with Crippen LogP contribution in [0.25, 0.3) is 22.0 Å². The van der Waals surface area contributed by atoms with E-state index in [2.05, 4.69) is 22.9 Å². The van der Waals surface area contributed by atoms with Crippen molar-refractivity contribution in [2.75, 3.05) is 5.32 Å². The molecule has 7 heteroatoms. The molecule has 2 aromatic heterocycles. The van der Waals surface area contributed by atoms with Gasteiger partial charge < -0.3 is 14.3 Å². The van der Waals surface area contributed by atoms with E-state index in [9.17, 15) is 9.59 Å². The zero-order valence-corrected chi connectivity index (χ0v) is 16.4. The molecule has 4 rings (SSSR count). The number of nitrogens with zero attached hydrogens (tertiary/aromatic N) is 2. The van der Waals surface area contributed by atoms with Crippen molar-refractivity contribution in [1.29, 1.82) is 0 Å². The van der Waals surface area contributed by atoms with Crippen LogP contribution < -0.4 is 10.9 Å². The fourth-order valence-electron chi connectivity index (χ4n) is 3.24. The third-order valence-electron chi connectivity index (χ3n) is 4.44. The molecule has 2 aromatic carbocycles. The van der Waals surface area contributed by atoms with Gasteiger partial charge in [0.25, 0.3) is 0 Å². The highest BCUT2D eigenvalue weighted by Crippen LogP contribution is 2.29. The average molecular weight is 393 g/mol. The topological polar surface area (TPSA) is 77.1 Å². The maximum Gasteiger partial charge on any atom is 0.336 e. The molecule has 2 heterocycles. The van der Waals surface area contributed by atoms with Crippen LogP contribution in [0.1, 0.15) is 19.4 Å². The van der Waals surface area contributed by atoms with Crippen LogP contribution in [-0.4, -0.2) is 15.5 Å². The summed E-state index contributed by atoms with van der Waals surface area (Å²) in [6, 6.07) is 14.9. The van der Waals surface area contributed by atoms with Gasteiger partial charge in [0.15, 0.2) is 5.16 Å². The molecule has 6 nitrogen and oxygen atoms in total. The first-order valence-corrected chi connectivity index (χ1v) is 9.96. The molecule has 1 N–H and O–H groups in total. The number of nitrogens with one attached hydrogen (secondary N) is 1. The number of anilines is 1. The Bertz CT molecular complexity index is 1240. The number of rotatable bonds is 5. The quantitative estimate of drug-likeness (QED) is 0.401. The number of hydrogen-bond acceptors (Lipinski definition) is 5. The van der Waals surface area contributed by atoms with Crippen molar-refractivity contribution < 1.29 is 9.21 Å². The highest BCUT2D eigenvalue weighted by molar-refractivity contribution is 7.98. The Morgan fingerprint density at radius 1 is 1.21 bits per heavy atom. The Kier molecular flexibility index (Phi) is 4.92. The van der Waals surface area contributed by atoms with Gasteiger partial charge in [-0.3, -0.25) is 4.79 Å². The van der Waals surface area contributed by atoms with Gasteiger partial charge in [-0.25, -0.2) is 9.78 Å². The fourth-order valence-corrected chi connectivity index (χ4v) is 4.31. The van der Waals surface area contributed by atoms with E-state index in [0.717, 1.165) is 33.7 Å². The Labute approximate surface area is 165 Å². The Morgan fingerprint density at radius 3 is 2.82 bits per heavy atom. The highest BCUT2D eigenvalue weighted by Gasteiger charge is 2.12. The van der Waals surface area contributed by atoms with Gasteiger partial charge in [0, 0.05) is 42.4 Å². The molecule has 28 heavy (non-hydrogen) atoms. The number of para-hydroxylation sites is 2. The van der Waals surface area contributed by atoms with Crippen LogP contribution in [0, 0.1) is 0 Å². The van der Waals surface area contributed by atoms with E-state index in [0.29, 0.717) is 17.0 Å². The van der Waals surface area contributed by atoms with Crippen molar-refractivity contribution in [3.05, 3.63) is 64.5 Å². The molecule has 4 aromatic rings. The summed E-state index contributed by atoms with van der Waals surface area (Å²) in [4.78, 5) is 28.0. The molecule has 0 saturated carbocycles. The Balaban J connectivity index is 1.68. The molecule has 0 saturated heterocycles. The van der Waals surface area contributed by atoms with Crippen molar-refractivity contribution in [1.82, 2.24) is 9.55 Å². The van der Waals surface area contributed by atoms with Gasteiger partial charge in [-0.05, 0) is 36.8 Å². The second-order valence-corrected chi connectivity index (χ2v) is 7.34. The van der Waals surface area contributed by atoms with E-state index in [1.54, 1.807) is 23.9 Å². The maximum atomic E-state index is 12.0. The van der Waals surface area contributed by atoms with Crippen molar-refractivity contribution in [2.45, 2.75) is 31.3 Å². The van der Waals surface area contributed by atoms with Gasteiger partial charge in [-0.2, -0.15) is 0 Å². The van der Waals surface area contributed by atoms with E-state index in [4.69, 9.17) is 9.40 Å². The van der Waals surface area contributed by atoms with Crippen LogP contribution in [-0.2, 0) is 17.1 Å². The predicted molar refractivity (Wildman–Crippen MR) is 112 cm³/mol. The second-order valence-electron chi connectivity index (χ2n) is 6.40. The summed E-state index contributed by atoms with van der Waals surface area (Å²) in [5.41, 5.74) is 3.58. The van der Waals surface area contributed by atoms with Crippen LogP contribution >= 0.6 is 11.8 Å². The zero-order chi connectivity index (χ0) is 19.7. The molecular formula is C21H19N3O3S. The summed E-state index contributed by atoms with van der Waals surface area (Å²) in [5, 5.41) is 4.47. The molecule has 142 valence electrons. The molecule has 0 atom stereocenters. The van der Waals surface area contributed by atoms with Crippen molar-refractivity contribution in [2.24, 2.45) is 0 Å². The summed E-state index contributed by atoms with van der Waals surface area (Å²) in [6.07, 6.45) is 0. The molecule has 0 fully saturated rings. The van der Waals surface area contributed by atoms with Crippen molar-refractivity contribution in [3.63, 3.8) is 0 Å². The van der Waals surface area contributed by atoms with E-state index in [1.807, 2.05) is 24.3 Å². The number of carbonyl (C=O) groups is 1. The summed E-state index contributed by atoms with van der Waals surface area (Å²) in [6.45, 7) is 4.35. The minimum Gasteiger partial charge on any atom is -0.423 e. The summed E-state index contributed by atoms with van der Waals surface area (Å²) >= 11 is 1.59. The van der Waals surface area contributed by atoms with Crippen LogP contribution in [0.3, 0.4) is 0 Å². The predicted octanol–water partition coefficient (Wildman–Crippen LogP) is 4.41. The van der Waals surface area contributed by atoms with Crippen molar-refractivity contribution in [3.8, 4) is 0 Å². The minimum absolute atomic E-state index is 0.174. The number of amides is 1. The highest BCUT2D eigenvalue weighted by atomic mass is 32.2. The van der Waals surface area contributed by atoms with E-state index in [1.165, 1.54) is 13.0 Å². The average Bonchev–Trinajstić information content (AvgIpc) is 3.02. The van der Waals surface area contributed by atoms with E-state index < -0.39 is 5.63 Å². The van der Waals surface area contributed by atoms with Crippen LogP contribution in [0.15, 0.2) is 62.9 Å². The monoisotopic (exact) mass is 393 g/mol. The normalized spacial score (nSPS) is 11.2. The number of hydrogen-bond donors (Lipinski definition) is 1. The van der Waals surface area contributed by atoms with E-state index >= 15 is 0 Å². The molecule has 0 radical (unpaired) electrons. The number of imidazole rings is 1. The standard InChI is InChI=1S/C21H19N3O3S/c1-3-24-18-7-5-4-6-17(18)23-21(24)28-12-14-10-20(26)27-19-11-15(22-13(2)25)8-9-16(14)19/h4-11H,3,12H2,1-2H3,(H,22,25). The lowest BCUT2D eigenvalue weighted by Gasteiger charge is -2.08. The minimum atomic E-state index is -0.410. The summed E-state index contributed by atoms with van der Waals surface area (Å²) in [7, 11) is 0. The van der Waals surface area contributed by atoms with Crippen LogP contribution in [0.5, 0.6) is 0 Å². The van der Waals surface area contributed by atoms with Gasteiger partial charge in [-0.15, -0.1) is 0 Å². The third-order valence-corrected chi connectivity index (χ3v) is 5.47. The molecule has 0 spiro atoms. The lowest BCUT2D eigenvalue weighted by Crippen LogP contribution is -2.06. The first-order valence-electron chi connectivity index (χ1n) is 8.97. The zero-order valence-electron chi connectivity index (χ0n) is 15.6. The number of aryl methyl sites for hydroxylation is 1. The largest absolute Gasteiger partial charge is 0.423 e. The number of thioether (sulfide) groups is 1. The summed E-state index contributed by atoms with van der Waals surface area (Å²) < 4.78 is 7.50. The van der Waals surface area contributed by atoms with Gasteiger partial charge in [-0.1, -0.05) is 23.9 Å². The SMILES string of the molecule is CCn1c(SCc2cc(=O)oc3cc(NC(C)=O)ccc23)nc2ccccc21. The number of carbonyl (C=O) groups excluding carboxylic acids is 1. The smallest absolute Gasteiger partial charge is 0.336 e. The van der Waals surface area contributed by atoms with Crippen molar-refractivity contribution >= 4 is 45.4 Å². The molecule has 0 aliphatic carbocycles. The maximum absolute atomic E-state index is 12.0. The van der Waals surface area contributed by atoms with Gasteiger partial charge in [0.2, 0.25) is 5.91 Å². The third kappa shape index (κ3) is 3.53. The lowest BCUT2D eigenvalue weighted by molar-refractivity contribution is -0.114. The molecule has 0 bridgehead atoms. The molecular weight excluding hydrogens is 374 g/mol. The lowest BCUT2D eigenvalue weighted by atomic mass is 10.1. The fraction of sp³-hybridized carbons (Fsp3) is 0.190. The molecule has 1 amide bonds.